The third-order valence-electron chi connectivity index (χ3n) is 5.50. The summed E-state index contributed by atoms with van der Waals surface area (Å²) in [6.07, 6.45) is 0. The number of benzene rings is 3. The lowest BCUT2D eigenvalue weighted by molar-refractivity contribution is -0.122. The van der Waals surface area contributed by atoms with Gasteiger partial charge in [-0.15, -0.1) is 0 Å². The van der Waals surface area contributed by atoms with E-state index in [-0.39, 0.29) is 24.5 Å². The number of hydrogen-bond acceptors (Lipinski definition) is 6. The van der Waals surface area contributed by atoms with Gasteiger partial charge in [0, 0.05) is 11.4 Å². The lowest BCUT2D eigenvalue weighted by Crippen LogP contribution is -2.50. The van der Waals surface area contributed by atoms with Gasteiger partial charge in [-0.2, -0.15) is 0 Å². The zero-order valence-electron chi connectivity index (χ0n) is 21.1. The van der Waals surface area contributed by atoms with Gasteiger partial charge in [-0.3, -0.25) is 14.5 Å². The van der Waals surface area contributed by atoms with Crippen LogP contribution in [0, 0.1) is 0 Å². The molecule has 3 rings (SSSR count). The predicted octanol–water partition coefficient (Wildman–Crippen LogP) is 3.54. The first kappa shape index (κ1) is 27.9. The molecule has 38 heavy (non-hydrogen) atoms. The summed E-state index contributed by atoms with van der Waals surface area (Å²) in [5.74, 6) is -1.77. The second kappa shape index (κ2) is 13.6. The zero-order chi connectivity index (χ0) is 27.5. The van der Waals surface area contributed by atoms with E-state index in [0.29, 0.717) is 16.9 Å². The number of aliphatic hydroxyl groups excluding tert-OH is 1. The van der Waals surface area contributed by atoms with Crippen molar-refractivity contribution in [2.75, 3.05) is 28.7 Å². The van der Waals surface area contributed by atoms with E-state index in [1.54, 1.807) is 73.7 Å². The van der Waals surface area contributed by atoms with Gasteiger partial charge in [-0.1, -0.05) is 42.5 Å². The third-order valence-corrected chi connectivity index (χ3v) is 5.50. The highest BCUT2D eigenvalue weighted by Crippen LogP contribution is 2.25. The molecule has 0 saturated heterocycles. The molecular weight excluding hydrogens is 488 g/mol. The van der Waals surface area contributed by atoms with Crippen molar-refractivity contribution in [2.24, 2.45) is 0 Å². The lowest BCUT2D eigenvalue weighted by Gasteiger charge is -2.30. The molecule has 1 atom stereocenters. The Kier molecular flexibility index (Phi) is 9.95. The average Bonchev–Trinajstić information content (AvgIpc) is 2.93. The molecule has 0 spiro atoms. The van der Waals surface area contributed by atoms with Crippen LogP contribution in [0.1, 0.15) is 29.8 Å². The molecule has 4 amide bonds. The molecule has 0 radical (unpaired) electrons. The monoisotopic (exact) mass is 518 g/mol. The third kappa shape index (κ3) is 7.40. The normalized spacial score (nSPS) is 11.1. The topological polar surface area (TPSA) is 137 Å². The maximum Gasteiger partial charge on any atom is 0.340 e. The molecule has 3 aromatic carbocycles. The van der Waals surface area contributed by atoms with E-state index in [9.17, 15) is 24.3 Å². The summed E-state index contributed by atoms with van der Waals surface area (Å²) < 4.78 is 5.14. The standard InChI is InChI=1S/C28H30N4O6/c1-3-38-27(36)23-14-7-8-15-24(23)32(19(2)26(35)30-21-11-5-4-6-12-21)25(34)17-29-28(37)31-22-13-9-10-20(16-22)18-33/h4-16,19,33H,3,17-18H2,1-2H3,(H,30,35)(H2,29,31,37). The summed E-state index contributed by atoms with van der Waals surface area (Å²) in [7, 11) is 0. The predicted molar refractivity (Wildman–Crippen MR) is 144 cm³/mol. The first-order valence-electron chi connectivity index (χ1n) is 12.0. The van der Waals surface area contributed by atoms with Gasteiger partial charge in [0.15, 0.2) is 0 Å². The highest BCUT2D eigenvalue weighted by Gasteiger charge is 2.31. The molecule has 0 aliphatic carbocycles. The number of aliphatic hydroxyl groups is 1. The Morgan fingerprint density at radius 2 is 1.58 bits per heavy atom. The molecule has 0 bridgehead atoms. The van der Waals surface area contributed by atoms with Crippen LogP contribution in [0.2, 0.25) is 0 Å². The van der Waals surface area contributed by atoms with Crippen LogP contribution in [0.3, 0.4) is 0 Å². The number of amides is 4. The SMILES string of the molecule is CCOC(=O)c1ccccc1N(C(=O)CNC(=O)Nc1cccc(CO)c1)C(C)C(=O)Nc1ccccc1. The largest absolute Gasteiger partial charge is 0.462 e. The molecule has 10 nitrogen and oxygen atoms in total. The quantitative estimate of drug-likeness (QED) is 0.303. The van der Waals surface area contributed by atoms with Crippen molar-refractivity contribution >= 4 is 40.9 Å². The van der Waals surface area contributed by atoms with Gasteiger partial charge in [-0.25, -0.2) is 9.59 Å². The van der Waals surface area contributed by atoms with Gasteiger partial charge >= 0.3 is 12.0 Å². The first-order valence-corrected chi connectivity index (χ1v) is 12.0. The summed E-state index contributed by atoms with van der Waals surface area (Å²) in [6.45, 7) is 2.67. The number of nitrogens with zero attached hydrogens (tertiary/aromatic N) is 1. The number of carbonyl (C=O) groups is 4. The van der Waals surface area contributed by atoms with Crippen LogP contribution in [0.15, 0.2) is 78.9 Å². The van der Waals surface area contributed by atoms with Gasteiger partial charge in [0.25, 0.3) is 0 Å². The second-order valence-corrected chi connectivity index (χ2v) is 8.20. The summed E-state index contributed by atoms with van der Waals surface area (Å²) in [6, 6.07) is 19.9. The van der Waals surface area contributed by atoms with Crippen LogP contribution < -0.4 is 20.9 Å². The number of nitrogens with one attached hydrogen (secondary N) is 3. The number of hydrogen-bond donors (Lipinski definition) is 4. The first-order chi connectivity index (χ1) is 18.3. The van der Waals surface area contributed by atoms with E-state index in [1.165, 1.54) is 19.1 Å². The zero-order valence-corrected chi connectivity index (χ0v) is 21.1. The van der Waals surface area contributed by atoms with Crippen molar-refractivity contribution in [3.8, 4) is 0 Å². The Morgan fingerprint density at radius 3 is 2.29 bits per heavy atom. The van der Waals surface area contributed by atoms with E-state index in [2.05, 4.69) is 16.0 Å². The van der Waals surface area contributed by atoms with Gasteiger partial charge in [-0.05, 0) is 55.8 Å². The van der Waals surface area contributed by atoms with Crippen molar-refractivity contribution < 1.29 is 29.0 Å². The minimum absolute atomic E-state index is 0.104. The van der Waals surface area contributed by atoms with Crippen LogP contribution in [0.5, 0.6) is 0 Å². The molecule has 198 valence electrons. The van der Waals surface area contributed by atoms with Gasteiger partial charge in [0.05, 0.1) is 31.0 Å². The van der Waals surface area contributed by atoms with Crippen molar-refractivity contribution in [2.45, 2.75) is 26.5 Å². The van der Waals surface area contributed by atoms with Crippen LogP contribution >= 0.6 is 0 Å². The van der Waals surface area contributed by atoms with Crippen LogP contribution in [-0.2, 0) is 20.9 Å². The minimum atomic E-state index is -1.05. The summed E-state index contributed by atoms with van der Waals surface area (Å²) in [5.41, 5.74) is 1.86. The molecule has 3 aromatic rings. The molecule has 1 unspecified atom stereocenters. The number of para-hydroxylation sites is 2. The fourth-order valence-electron chi connectivity index (χ4n) is 3.67. The van der Waals surface area contributed by atoms with Crippen molar-refractivity contribution in [3.63, 3.8) is 0 Å². The van der Waals surface area contributed by atoms with Gasteiger partial charge in [0.1, 0.15) is 6.04 Å². The van der Waals surface area contributed by atoms with E-state index in [4.69, 9.17) is 4.74 Å². The van der Waals surface area contributed by atoms with Gasteiger partial charge < -0.3 is 25.8 Å². The highest BCUT2D eigenvalue weighted by atomic mass is 16.5. The fraction of sp³-hybridized carbons (Fsp3) is 0.214. The van der Waals surface area contributed by atoms with Crippen molar-refractivity contribution in [1.82, 2.24) is 5.32 Å². The highest BCUT2D eigenvalue weighted by molar-refractivity contribution is 6.09. The van der Waals surface area contributed by atoms with E-state index < -0.39 is 36.4 Å². The molecule has 0 aliphatic rings. The number of urea groups is 1. The Morgan fingerprint density at radius 1 is 0.895 bits per heavy atom. The van der Waals surface area contributed by atoms with Crippen molar-refractivity contribution in [3.05, 3.63) is 90.0 Å². The molecule has 0 saturated carbocycles. The summed E-state index contributed by atoms with van der Waals surface area (Å²) in [5, 5.41) is 17.1. The molecule has 10 heteroatoms. The fourth-order valence-corrected chi connectivity index (χ4v) is 3.67. The maximum absolute atomic E-state index is 13.5. The number of esters is 1. The Balaban J connectivity index is 1.83. The Bertz CT molecular complexity index is 1280. The van der Waals surface area contributed by atoms with E-state index in [1.807, 2.05) is 0 Å². The lowest BCUT2D eigenvalue weighted by atomic mass is 10.1. The molecule has 0 aromatic heterocycles. The van der Waals surface area contributed by atoms with Crippen LogP contribution in [-0.4, -0.2) is 48.1 Å². The number of anilines is 3. The Hall–Kier alpha value is -4.70. The van der Waals surface area contributed by atoms with Crippen LogP contribution in [0.25, 0.3) is 0 Å². The van der Waals surface area contributed by atoms with Crippen molar-refractivity contribution in [1.29, 1.82) is 0 Å². The second-order valence-electron chi connectivity index (χ2n) is 8.20. The molecular formula is C28H30N4O6. The number of rotatable bonds is 10. The molecule has 0 aliphatic heterocycles. The maximum atomic E-state index is 13.5. The van der Waals surface area contributed by atoms with Crippen LogP contribution in [0.4, 0.5) is 21.9 Å². The van der Waals surface area contributed by atoms with E-state index >= 15 is 0 Å². The molecule has 4 N–H and O–H groups in total. The smallest absolute Gasteiger partial charge is 0.340 e. The molecule has 0 fully saturated rings. The molecule has 0 heterocycles. The average molecular weight is 519 g/mol. The Labute approximate surface area is 220 Å². The summed E-state index contributed by atoms with van der Waals surface area (Å²) in [4.78, 5) is 52.9. The number of ether oxygens (including phenoxy) is 1. The minimum Gasteiger partial charge on any atom is -0.462 e. The summed E-state index contributed by atoms with van der Waals surface area (Å²) >= 11 is 0. The van der Waals surface area contributed by atoms with Gasteiger partial charge in [0.2, 0.25) is 11.8 Å². The number of carbonyl (C=O) groups excluding carboxylic acids is 4. The van der Waals surface area contributed by atoms with E-state index in [0.717, 1.165) is 4.90 Å².